The summed E-state index contributed by atoms with van der Waals surface area (Å²) >= 11 is 5.92. The standard InChI is InChI=1S/C11H9ClN2O2/c1-11(12)14-13-10(16-11)9-6-7-4-2-3-5-8(7)15-9/h2-6,14H,1H3. The van der Waals surface area contributed by atoms with Gasteiger partial charge in [-0.15, -0.1) is 5.10 Å². The second kappa shape index (κ2) is 3.15. The average molecular weight is 237 g/mol. The van der Waals surface area contributed by atoms with Crippen molar-refractivity contribution >= 4 is 28.5 Å². The van der Waals surface area contributed by atoms with Crippen LogP contribution < -0.4 is 5.43 Å². The van der Waals surface area contributed by atoms with Gasteiger partial charge in [0.25, 0.3) is 11.1 Å². The Morgan fingerprint density at radius 3 is 2.88 bits per heavy atom. The van der Waals surface area contributed by atoms with E-state index in [2.05, 4.69) is 10.5 Å². The van der Waals surface area contributed by atoms with Gasteiger partial charge in [0.1, 0.15) is 5.58 Å². The number of fused-ring (bicyclic) bond motifs is 1. The van der Waals surface area contributed by atoms with Crippen LogP contribution in [-0.4, -0.2) is 11.1 Å². The van der Waals surface area contributed by atoms with Gasteiger partial charge in [-0.1, -0.05) is 18.2 Å². The zero-order valence-corrected chi connectivity index (χ0v) is 9.28. The fourth-order valence-corrected chi connectivity index (χ4v) is 1.69. The summed E-state index contributed by atoms with van der Waals surface area (Å²) in [5, 5.41) is 3.99. The van der Waals surface area contributed by atoms with E-state index in [1.54, 1.807) is 6.92 Å². The lowest BCUT2D eigenvalue weighted by atomic mass is 10.2. The number of benzene rings is 1. The van der Waals surface area contributed by atoms with Gasteiger partial charge in [0.05, 0.1) is 0 Å². The maximum atomic E-state index is 5.92. The number of hydrazone groups is 1. The molecule has 1 aliphatic rings. The second-order valence-electron chi connectivity index (χ2n) is 3.70. The van der Waals surface area contributed by atoms with Crippen LogP contribution in [0.25, 0.3) is 11.0 Å². The number of furan rings is 1. The molecule has 0 bridgehead atoms. The Labute approximate surface area is 96.8 Å². The van der Waals surface area contributed by atoms with Crippen LogP contribution in [0.3, 0.4) is 0 Å². The molecule has 1 aliphatic heterocycles. The molecule has 3 rings (SSSR count). The number of nitrogens with one attached hydrogen (secondary N) is 1. The summed E-state index contributed by atoms with van der Waals surface area (Å²) < 4.78 is 11.0. The Kier molecular flexibility index (Phi) is 1.88. The molecule has 1 N–H and O–H groups in total. The van der Waals surface area contributed by atoms with E-state index >= 15 is 0 Å². The van der Waals surface area contributed by atoms with Gasteiger partial charge in [0, 0.05) is 12.3 Å². The zero-order valence-electron chi connectivity index (χ0n) is 8.53. The zero-order chi connectivity index (χ0) is 11.2. The lowest BCUT2D eigenvalue weighted by Gasteiger charge is -2.13. The number of rotatable bonds is 1. The number of alkyl halides is 1. The topological polar surface area (TPSA) is 46.8 Å². The Hall–Kier alpha value is -1.68. The predicted octanol–water partition coefficient (Wildman–Crippen LogP) is 2.63. The van der Waals surface area contributed by atoms with Gasteiger partial charge in [-0.2, -0.15) is 0 Å². The van der Waals surface area contributed by atoms with Gasteiger partial charge in [0.2, 0.25) is 0 Å². The number of nitrogens with zero attached hydrogens (tertiary/aromatic N) is 1. The van der Waals surface area contributed by atoms with Crippen molar-refractivity contribution in [2.24, 2.45) is 5.10 Å². The lowest BCUT2D eigenvalue weighted by Crippen LogP contribution is -2.30. The first-order chi connectivity index (χ1) is 7.64. The second-order valence-corrected chi connectivity index (χ2v) is 4.42. The fraction of sp³-hybridized carbons (Fsp3) is 0.182. The lowest BCUT2D eigenvalue weighted by molar-refractivity contribution is 0.160. The molecule has 0 saturated heterocycles. The number of ether oxygens (including phenoxy) is 1. The molecule has 82 valence electrons. The van der Waals surface area contributed by atoms with Crippen LogP contribution in [0.2, 0.25) is 0 Å². The van der Waals surface area contributed by atoms with Crippen LogP contribution >= 0.6 is 11.6 Å². The number of hydrogen-bond acceptors (Lipinski definition) is 4. The van der Waals surface area contributed by atoms with Crippen LogP contribution in [0.4, 0.5) is 0 Å². The maximum absolute atomic E-state index is 5.92. The van der Waals surface area contributed by atoms with Gasteiger partial charge in [0.15, 0.2) is 5.76 Å². The molecule has 0 spiro atoms. The molecule has 2 aromatic rings. The molecule has 0 radical (unpaired) electrons. The van der Waals surface area contributed by atoms with Crippen LogP contribution in [0, 0.1) is 0 Å². The molecule has 16 heavy (non-hydrogen) atoms. The first-order valence-corrected chi connectivity index (χ1v) is 5.24. The quantitative estimate of drug-likeness (QED) is 0.612. The summed E-state index contributed by atoms with van der Waals surface area (Å²) in [4.78, 5) is 0. The molecule has 1 atom stereocenters. The normalized spacial score (nSPS) is 24.0. The largest absolute Gasteiger partial charge is 0.451 e. The molecule has 4 nitrogen and oxygen atoms in total. The van der Waals surface area contributed by atoms with Gasteiger partial charge < -0.3 is 9.15 Å². The summed E-state index contributed by atoms with van der Waals surface area (Å²) in [5.41, 5.74) is 3.46. The van der Waals surface area contributed by atoms with E-state index in [0.29, 0.717) is 11.7 Å². The Bertz CT molecular complexity index is 541. The van der Waals surface area contributed by atoms with Gasteiger partial charge >= 0.3 is 0 Å². The molecular formula is C11H9ClN2O2. The summed E-state index contributed by atoms with van der Waals surface area (Å²) in [6, 6.07) is 9.58. The molecule has 0 saturated carbocycles. The third kappa shape index (κ3) is 1.51. The van der Waals surface area contributed by atoms with E-state index in [1.165, 1.54) is 0 Å². The number of para-hydroxylation sites is 1. The van der Waals surface area contributed by atoms with Crippen molar-refractivity contribution < 1.29 is 9.15 Å². The molecule has 0 fully saturated rings. The summed E-state index contributed by atoms with van der Waals surface area (Å²) in [5.74, 6) is 0.937. The third-order valence-corrected chi connectivity index (χ3v) is 2.44. The molecular weight excluding hydrogens is 228 g/mol. The molecule has 2 heterocycles. The van der Waals surface area contributed by atoms with Crippen molar-refractivity contribution in [2.45, 2.75) is 12.1 Å². The highest BCUT2D eigenvalue weighted by molar-refractivity contribution is 6.23. The summed E-state index contributed by atoms with van der Waals surface area (Å²) in [7, 11) is 0. The first kappa shape index (κ1) is 9.54. The van der Waals surface area contributed by atoms with Crippen LogP contribution in [0.5, 0.6) is 0 Å². The minimum atomic E-state index is -0.992. The maximum Gasteiger partial charge on any atom is 0.277 e. The highest BCUT2D eigenvalue weighted by atomic mass is 35.5. The molecule has 1 aromatic heterocycles. The molecule has 1 unspecified atom stereocenters. The summed E-state index contributed by atoms with van der Waals surface area (Å²) in [6.07, 6.45) is 0. The van der Waals surface area contributed by atoms with Crippen LogP contribution in [-0.2, 0) is 4.74 Å². The van der Waals surface area contributed by atoms with Crippen molar-refractivity contribution in [1.29, 1.82) is 0 Å². The van der Waals surface area contributed by atoms with Crippen molar-refractivity contribution in [2.75, 3.05) is 0 Å². The van der Waals surface area contributed by atoms with E-state index < -0.39 is 5.18 Å². The highest BCUT2D eigenvalue weighted by Crippen LogP contribution is 2.25. The number of hydrogen-bond donors (Lipinski definition) is 1. The predicted molar refractivity (Wildman–Crippen MR) is 61.2 cm³/mol. The Morgan fingerprint density at radius 1 is 1.38 bits per heavy atom. The number of halogens is 1. The first-order valence-electron chi connectivity index (χ1n) is 4.86. The van der Waals surface area contributed by atoms with Gasteiger partial charge in [-0.05, 0) is 23.7 Å². The molecule has 0 aliphatic carbocycles. The van der Waals surface area contributed by atoms with Gasteiger partial charge in [-0.25, -0.2) is 0 Å². The molecule has 5 heteroatoms. The van der Waals surface area contributed by atoms with Crippen LogP contribution in [0.15, 0.2) is 39.9 Å². The van der Waals surface area contributed by atoms with E-state index in [-0.39, 0.29) is 0 Å². The highest BCUT2D eigenvalue weighted by Gasteiger charge is 2.32. The average Bonchev–Trinajstić information content (AvgIpc) is 2.80. The van der Waals surface area contributed by atoms with Gasteiger partial charge in [-0.3, -0.25) is 5.43 Å². The molecule has 1 aromatic carbocycles. The fourth-order valence-electron chi connectivity index (χ4n) is 1.57. The van der Waals surface area contributed by atoms with Crippen molar-refractivity contribution in [3.63, 3.8) is 0 Å². The monoisotopic (exact) mass is 236 g/mol. The Morgan fingerprint density at radius 2 is 2.19 bits per heavy atom. The van der Waals surface area contributed by atoms with Crippen molar-refractivity contribution in [3.8, 4) is 0 Å². The minimum Gasteiger partial charge on any atom is -0.451 e. The molecule has 0 amide bonds. The SMILES string of the molecule is CC1(Cl)NN=C(c2cc3ccccc3o2)O1. The third-order valence-electron chi connectivity index (χ3n) is 2.28. The summed E-state index contributed by atoms with van der Waals surface area (Å²) in [6.45, 7) is 1.67. The smallest absolute Gasteiger partial charge is 0.277 e. The van der Waals surface area contributed by atoms with Crippen LogP contribution in [0.1, 0.15) is 12.7 Å². The Balaban J connectivity index is 2.02. The van der Waals surface area contributed by atoms with E-state index in [9.17, 15) is 0 Å². The van der Waals surface area contributed by atoms with Crippen molar-refractivity contribution in [1.82, 2.24) is 5.43 Å². The van der Waals surface area contributed by atoms with E-state index in [4.69, 9.17) is 20.8 Å². The van der Waals surface area contributed by atoms with E-state index in [0.717, 1.165) is 11.0 Å². The van der Waals surface area contributed by atoms with Crippen molar-refractivity contribution in [3.05, 3.63) is 36.1 Å². The minimum absolute atomic E-state index is 0.369. The van der Waals surface area contributed by atoms with E-state index in [1.807, 2.05) is 30.3 Å².